The molecule has 0 aromatic heterocycles. The van der Waals surface area contributed by atoms with Crippen molar-refractivity contribution in [3.05, 3.63) is 0 Å². The monoisotopic (exact) mass is 269 g/mol. The fourth-order valence-corrected chi connectivity index (χ4v) is 2.44. The summed E-state index contributed by atoms with van der Waals surface area (Å²) in [5.41, 5.74) is 5.30. The Morgan fingerprint density at radius 1 is 1.32 bits per heavy atom. The lowest BCUT2D eigenvalue weighted by molar-refractivity contribution is -0.141. The van der Waals surface area contributed by atoms with Crippen LogP contribution in [0.2, 0.25) is 0 Å². The van der Waals surface area contributed by atoms with Crippen molar-refractivity contribution in [2.45, 2.75) is 45.6 Å². The smallest absolute Gasteiger partial charge is 0.244 e. The SMILES string of the molecule is CC(C)CC(NC(=O)C1(CN)CCC1)C(=O)N(C)C. The minimum Gasteiger partial charge on any atom is -0.347 e. The minimum atomic E-state index is -0.438. The van der Waals surface area contributed by atoms with E-state index in [4.69, 9.17) is 5.73 Å². The molecule has 0 aromatic carbocycles. The molecule has 110 valence electrons. The second-order valence-electron chi connectivity index (χ2n) is 6.23. The number of amides is 2. The lowest BCUT2D eigenvalue weighted by atomic mass is 9.68. The molecule has 0 spiro atoms. The van der Waals surface area contributed by atoms with Crippen LogP contribution < -0.4 is 11.1 Å². The molecular weight excluding hydrogens is 242 g/mol. The van der Waals surface area contributed by atoms with Crippen molar-refractivity contribution in [1.29, 1.82) is 0 Å². The molecule has 0 heterocycles. The van der Waals surface area contributed by atoms with E-state index >= 15 is 0 Å². The molecule has 1 aliphatic carbocycles. The number of rotatable bonds is 6. The molecule has 2 amide bonds. The molecule has 1 unspecified atom stereocenters. The van der Waals surface area contributed by atoms with Crippen LogP contribution in [-0.4, -0.2) is 43.4 Å². The summed E-state index contributed by atoms with van der Waals surface area (Å²) in [6.45, 7) is 4.46. The van der Waals surface area contributed by atoms with E-state index in [0.717, 1.165) is 19.3 Å². The van der Waals surface area contributed by atoms with Gasteiger partial charge < -0.3 is 16.0 Å². The van der Waals surface area contributed by atoms with Gasteiger partial charge in [0.15, 0.2) is 0 Å². The zero-order valence-electron chi connectivity index (χ0n) is 12.5. The lowest BCUT2D eigenvalue weighted by Gasteiger charge is -2.40. The van der Waals surface area contributed by atoms with Crippen molar-refractivity contribution < 1.29 is 9.59 Å². The number of carbonyl (C=O) groups is 2. The number of nitrogens with two attached hydrogens (primary N) is 1. The van der Waals surface area contributed by atoms with Gasteiger partial charge in [0.05, 0.1) is 5.41 Å². The van der Waals surface area contributed by atoms with Gasteiger partial charge >= 0.3 is 0 Å². The first-order valence-electron chi connectivity index (χ1n) is 7.04. The predicted molar refractivity (Wildman–Crippen MR) is 75.4 cm³/mol. The van der Waals surface area contributed by atoms with Crippen LogP contribution >= 0.6 is 0 Å². The summed E-state index contributed by atoms with van der Waals surface area (Å²) < 4.78 is 0. The van der Waals surface area contributed by atoms with Crippen LogP contribution in [0.25, 0.3) is 0 Å². The second kappa shape index (κ2) is 6.37. The second-order valence-corrected chi connectivity index (χ2v) is 6.23. The highest BCUT2D eigenvalue weighted by molar-refractivity contribution is 5.90. The fourth-order valence-electron chi connectivity index (χ4n) is 2.44. The van der Waals surface area contributed by atoms with E-state index in [1.54, 1.807) is 14.1 Å². The fraction of sp³-hybridized carbons (Fsp3) is 0.857. The first kappa shape index (κ1) is 16.0. The van der Waals surface area contributed by atoms with Crippen LogP contribution in [0.4, 0.5) is 0 Å². The Morgan fingerprint density at radius 3 is 2.21 bits per heavy atom. The van der Waals surface area contributed by atoms with Gasteiger partial charge in [-0.05, 0) is 25.2 Å². The van der Waals surface area contributed by atoms with Gasteiger partial charge in [0, 0.05) is 20.6 Å². The molecule has 5 heteroatoms. The maximum absolute atomic E-state index is 12.3. The molecule has 1 aliphatic rings. The quantitative estimate of drug-likeness (QED) is 0.746. The first-order valence-corrected chi connectivity index (χ1v) is 7.04. The van der Waals surface area contributed by atoms with Crippen molar-refractivity contribution in [2.24, 2.45) is 17.1 Å². The first-order chi connectivity index (χ1) is 8.82. The average molecular weight is 269 g/mol. The molecule has 1 rings (SSSR count). The molecule has 5 nitrogen and oxygen atoms in total. The largest absolute Gasteiger partial charge is 0.347 e. The lowest BCUT2D eigenvalue weighted by Crippen LogP contribution is -2.56. The van der Waals surface area contributed by atoms with Gasteiger partial charge in [-0.15, -0.1) is 0 Å². The highest BCUT2D eigenvalue weighted by Crippen LogP contribution is 2.40. The van der Waals surface area contributed by atoms with E-state index < -0.39 is 11.5 Å². The molecule has 0 saturated heterocycles. The van der Waals surface area contributed by atoms with Gasteiger partial charge in [-0.3, -0.25) is 9.59 Å². The van der Waals surface area contributed by atoms with Crippen LogP contribution in [0.5, 0.6) is 0 Å². The molecule has 0 bridgehead atoms. The predicted octanol–water partition coefficient (Wildman–Crippen LogP) is 0.735. The molecule has 1 saturated carbocycles. The third-order valence-electron chi connectivity index (χ3n) is 3.93. The average Bonchev–Trinajstić information content (AvgIpc) is 2.25. The number of hydrogen-bond donors (Lipinski definition) is 2. The molecule has 19 heavy (non-hydrogen) atoms. The van der Waals surface area contributed by atoms with Crippen LogP contribution in [0.1, 0.15) is 39.5 Å². The molecule has 0 aliphatic heterocycles. The normalized spacial score (nSPS) is 18.6. The topological polar surface area (TPSA) is 75.4 Å². The Hall–Kier alpha value is -1.10. The molecule has 0 aromatic rings. The maximum Gasteiger partial charge on any atom is 0.244 e. The molecule has 1 fully saturated rings. The van der Waals surface area contributed by atoms with Gasteiger partial charge in [-0.2, -0.15) is 0 Å². The highest BCUT2D eigenvalue weighted by atomic mass is 16.2. The maximum atomic E-state index is 12.3. The number of hydrogen-bond acceptors (Lipinski definition) is 3. The Labute approximate surface area is 115 Å². The summed E-state index contributed by atoms with van der Waals surface area (Å²) in [5.74, 6) is 0.250. The minimum absolute atomic E-state index is 0.0476. The molecule has 0 radical (unpaired) electrons. The Kier molecular flexibility index (Phi) is 5.35. The van der Waals surface area contributed by atoms with Crippen molar-refractivity contribution in [3.8, 4) is 0 Å². The zero-order valence-corrected chi connectivity index (χ0v) is 12.5. The van der Waals surface area contributed by atoms with Gasteiger partial charge in [-0.25, -0.2) is 0 Å². The van der Waals surface area contributed by atoms with Crippen LogP contribution in [0.15, 0.2) is 0 Å². The summed E-state index contributed by atoms with van der Waals surface area (Å²) in [7, 11) is 3.42. The zero-order chi connectivity index (χ0) is 14.6. The summed E-state index contributed by atoms with van der Waals surface area (Å²) >= 11 is 0. The van der Waals surface area contributed by atoms with E-state index in [1.165, 1.54) is 4.90 Å². The van der Waals surface area contributed by atoms with Gasteiger partial charge in [0.2, 0.25) is 11.8 Å². The molecule has 3 N–H and O–H groups in total. The summed E-state index contributed by atoms with van der Waals surface area (Å²) in [4.78, 5) is 26.0. The van der Waals surface area contributed by atoms with E-state index in [0.29, 0.717) is 18.9 Å². The van der Waals surface area contributed by atoms with E-state index in [2.05, 4.69) is 5.32 Å². The molecule has 1 atom stereocenters. The molecular formula is C14H27N3O2. The summed E-state index contributed by atoms with van der Waals surface area (Å²) in [5, 5.41) is 2.91. The Morgan fingerprint density at radius 2 is 1.89 bits per heavy atom. The van der Waals surface area contributed by atoms with Crippen molar-refractivity contribution in [1.82, 2.24) is 10.2 Å². The van der Waals surface area contributed by atoms with Gasteiger partial charge in [0.25, 0.3) is 0 Å². The van der Waals surface area contributed by atoms with Crippen molar-refractivity contribution >= 4 is 11.8 Å². The number of nitrogens with one attached hydrogen (secondary N) is 1. The van der Waals surface area contributed by atoms with E-state index in [1.807, 2.05) is 13.8 Å². The highest BCUT2D eigenvalue weighted by Gasteiger charge is 2.44. The van der Waals surface area contributed by atoms with Gasteiger partial charge in [-0.1, -0.05) is 20.3 Å². The van der Waals surface area contributed by atoms with Crippen LogP contribution in [0, 0.1) is 11.3 Å². The van der Waals surface area contributed by atoms with E-state index in [-0.39, 0.29) is 11.8 Å². The van der Waals surface area contributed by atoms with Crippen LogP contribution in [0.3, 0.4) is 0 Å². The summed E-state index contributed by atoms with van der Waals surface area (Å²) in [6, 6.07) is -0.438. The van der Waals surface area contributed by atoms with Gasteiger partial charge in [0.1, 0.15) is 6.04 Å². The number of carbonyl (C=O) groups excluding carboxylic acids is 2. The standard InChI is InChI=1S/C14H27N3O2/c1-10(2)8-11(12(18)17(3)4)16-13(19)14(9-15)6-5-7-14/h10-11H,5-9,15H2,1-4H3,(H,16,19). The summed E-state index contributed by atoms with van der Waals surface area (Å²) in [6.07, 6.45) is 3.37. The van der Waals surface area contributed by atoms with Crippen molar-refractivity contribution in [2.75, 3.05) is 20.6 Å². The number of likely N-dealkylation sites (N-methyl/N-ethyl adjacent to an activating group) is 1. The van der Waals surface area contributed by atoms with Crippen LogP contribution in [-0.2, 0) is 9.59 Å². The third kappa shape index (κ3) is 3.69. The Balaban J connectivity index is 2.71. The van der Waals surface area contributed by atoms with E-state index in [9.17, 15) is 9.59 Å². The Bertz CT molecular complexity index is 330. The van der Waals surface area contributed by atoms with Crippen molar-refractivity contribution in [3.63, 3.8) is 0 Å². The third-order valence-corrected chi connectivity index (χ3v) is 3.93. The number of nitrogens with zero attached hydrogens (tertiary/aromatic N) is 1.